The summed E-state index contributed by atoms with van der Waals surface area (Å²) >= 11 is 0. The van der Waals surface area contributed by atoms with Gasteiger partial charge in [0.05, 0.1) is 17.7 Å². The molecule has 5 rings (SSSR count). The third-order valence-electron chi connectivity index (χ3n) is 5.99. The van der Waals surface area contributed by atoms with Crippen LogP contribution >= 0.6 is 0 Å². The van der Waals surface area contributed by atoms with E-state index in [1.54, 1.807) is 11.7 Å². The van der Waals surface area contributed by atoms with Gasteiger partial charge in [-0.2, -0.15) is 0 Å². The van der Waals surface area contributed by atoms with E-state index in [0.717, 1.165) is 29.8 Å². The molecule has 0 bridgehead atoms. The van der Waals surface area contributed by atoms with Crippen LogP contribution in [0, 0.1) is 30.2 Å². The normalized spacial score (nSPS) is 11.3. The molecule has 0 unspecified atom stereocenters. The molecule has 0 aliphatic rings. The summed E-state index contributed by atoms with van der Waals surface area (Å²) in [7, 11) is 1.56. The zero-order chi connectivity index (χ0) is 26.1. The lowest BCUT2D eigenvalue weighted by Gasteiger charge is -2.14. The van der Waals surface area contributed by atoms with Crippen molar-refractivity contribution in [2.24, 2.45) is 0 Å². The van der Waals surface area contributed by atoms with Gasteiger partial charge in [0, 0.05) is 48.2 Å². The van der Waals surface area contributed by atoms with Crippen LogP contribution < -0.4 is 5.32 Å². The molecule has 5 aromatic rings. The third-order valence-corrected chi connectivity index (χ3v) is 5.99. The standard InChI is InChI=1S/C28H22F4N4O/c1-16-4-3-5-19(12-16)36-26(21-9-7-18(30)14-23(21)32)24(20-8-6-17(29)13-22(20)31)25-27(33-10-11-37-2)34-15-35-28(25)36/h3-9,12-15H,10-11H2,1-2H3,(H,33,34,35). The van der Waals surface area contributed by atoms with Crippen molar-refractivity contribution in [3.8, 4) is 28.1 Å². The maximum absolute atomic E-state index is 15.4. The molecule has 2 aromatic heterocycles. The maximum atomic E-state index is 15.4. The van der Waals surface area contributed by atoms with E-state index < -0.39 is 23.3 Å². The second-order valence-electron chi connectivity index (χ2n) is 8.49. The van der Waals surface area contributed by atoms with Crippen LogP contribution in [0.25, 0.3) is 39.1 Å². The Morgan fingerprint density at radius 1 is 0.865 bits per heavy atom. The van der Waals surface area contributed by atoms with E-state index in [1.165, 1.54) is 18.5 Å². The molecule has 37 heavy (non-hydrogen) atoms. The average Bonchev–Trinajstić information content (AvgIpc) is 3.20. The molecule has 0 amide bonds. The number of nitrogens with one attached hydrogen (secondary N) is 1. The first-order valence-corrected chi connectivity index (χ1v) is 11.5. The molecule has 5 nitrogen and oxygen atoms in total. The number of anilines is 1. The molecule has 9 heteroatoms. The molecule has 3 aromatic carbocycles. The molecule has 0 atom stereocenters. The number of hydrogen-bond acceptors (Lipinski definition) is 4. The summed E-state index contributed by atoms with van der Waals surface area (Å²) < 4.78 is 65.4. The van der Waals surface area contributed by atoms with Gasteiger partial charge in [0.2, 0.25) is 0 Å². The van der Waals surface area contributed by atoms with Gasteiger partial charge in [0.25, 0.3) is 0 Å². The highest BCUT2D eigenvalue weighted by molar-refractivity contribution is 6.09. The molecule has 0 fully saturated rings. The van der Waals surface area contributed by atoms with Gasteiger partial charge < -0.3 is 10.1 Å². The average molecular weight is 507 g/mol. The number of rotatable bonds is 7. The van der Waals surface area contributed by atoms with Crippen molar-refractivity contribution in [3.63, 3.8) is 0 Å². The van der Waals surface area contributed by atoms with Gasteiger partial charge in [-0.25, -0.2) is 27.5 Å². The molecule has 0 spiro atoms. The first-order valence-electron chi connectivity index (χ1n) is 11.5. The van der Waals surface area contributed by atoms with E-state index in [2.05, 4.69) is 15.3 Å². The summed E-state index contributed by atoms with van der Waals surface area (Å²) in [6, 6.07) is 13.8. The van der Waals surface area contributed by atoms with Crippen molar-refractivity contribution >= 4 is 16.9 Å². The molecule has 0 aliphatic heterocycles. The summed E-state index contributed by atoms with van der Waals surface area (Å²) in [6.45, 7) is 2.65. The molecule has 0 radical (unpaired) electrons. The van der Waals surface area contributed by atoms with Crippen LogP contribution in [0.5, 0.6) is 0 Å². The lowest BCUT2D eigenvalue weighted by Crippen LogP contribution is -2.09. The van der Waals surface area contributed by atoms with E-state index in [4.69, 9.17) is 4.74 Å². The molecule has 188 valence electrons. The number of benzene rings is 3. The predicted molar refractivity (Wildman–Crippen MR) is 135 cm³/mol. The number of fused-ring (bicyclic) bond motifs is 1. The Kier molecular flexibility index (Phi) is 6.62. The van der Waals surface area contributed by atoms with Crippen molar-refractivity contribution in [3.05, 3.63) is 95.8 Å². The lowest BCUT2D eigenvalue weighted by atomic mass is 9.97. The molecule has 0 saturated heterocycles. The number of hydrogen-bond donors (Lipinski definition) is 1. The first kappa shape index (κ1) is 24.5. The summed E-state index contributed by atoms with van der Waals surface area (Å²) in [4.78, 5) is 8.86. The van der Waals surface area contributed by atoms with Gasteiger partial charge in [-0.15, -0.1) is 0 Å². The third kappa shape index (κ3) is 4.53. The smallest absolute Gasteiger partial charge is 0.151 e. The van der Waals surface area contributed by atoms with Gasteiger partial charge in [0.1, 0.15) is 35.4 Å². The molecular weight excluding hydrogens is 484 g/mol. The van der Waals surface area contributed by atoms with Crippen molar-refractivity contribution < 1.29 is 22.3 Å². The van der Waals surface area contributed by atoms with Crippen LogP contribution in [-0.2, 0) is 4.74 Å². The molecule has 2 heterocycles. The summed E-state index contributed by atoms with van der Waals surface area (Å²) in [5.74, 6) is -2.85. The topological polar surface area (TPSA) is 52.0 Å². The molecule has 1 N–H and O–H groups in total. The Hall–Kier alpha value is -4.24. The van der Waals surface area contributed by atoms with Crippen LogP contribution in [-0.4, -0.2) is 34.8 Å². The maximum Gasteiger partial charge on any atom is 0.151 e. The minimum absolute atomic E-state index is 0.0149. The molecule has 0 saturated carbocycles. The minimum Gasteiger partial charge on any atom is -0.383 e. The Morgan fingerprint density at radius 3 is 2.22 bits per heavy atom. The second kappa shape index (κ2) is 10.0. The number of methoxy groups -OCH3 is 1. The van der Waals surface area contributed by atoms with Crippen LogP contribution in [0.15, 0.2) is 67.0 Å². The van der Waals surface area contributed by atoms with Gasteiger partial charge in [-0.1, -0.05) is 12.1 Å². The van der Waals surface area contributed by atoms with Crippen LogP contribution in [0.4, 0.5) is 23.4 Å². The van der Waals surface area contributed by atoms with Gasteiger partial charge >= 0.3 is 0 Å². The van der Waals surface area contributed by atoms with E-state index in [1.807, 2.05) is 31.2 Å². The van der Waals surface area contributed by atoms with Crippen molar-refractivity contribution in [1.82, 2.24) is 14.5 Å². The fraction of sp³-hybridized carbons (Fsp3) is 0.143. The van der Waals surface area contributed by atoms with Gasteiger partial charge in [0.15, 0.2) is 5.65 Å². The largest absolute Gasteiger partial charge is 0.383 e. The van der Waals surface area contributed by atoms with Crippen LogP contribution in [0.3, 0.4) is 0 Å². The second-order valence-corrected chi connectivity index (χ2v) is 8.49. The van der Waals surface area contributed by atoms with Crippen LogP contribution in [0.1, 0.15) is 5.56 Å². The Labute approximate surface area is 210 Å². The van der Waals surface area contributed by atoms with E-state index >= 15 is 8.78 Å². The predicted octanol–water partition coefficient (Wildman–Crippen LogP) is 6.68. The highest BCUT2D eigenvalue weighted by atomic mass is 19.1. The minimum atomic E-state index is -0.848. The number of aryl methyl sites for hydroxylation is 1. The Morgan fingerprint density at radius 2 is 1.57 bits per heavy atom. The van der Waals surface area contributed by atoms with Crippen molar-refractivity contribution in [2.75, 3.05) is 25.6 Å². The number of ether oxygens (including phenoxy) is 1. The fourth-order valence-electron chi connectivity index (χ4n) is 4.43. The van der Waals surface area contributed by atoms with Crippen molar-refractivity contribution in [1.29, 1.82) is 0 Å². The van der Waals surface area contributed by atoms with E-state index in [-0.39, 0.29) is 22.4 Å². The number of halogens is 4. The number of aromatic nitrogens is 3. The van der Waals surface area contributed by atoms with Gasteiger partial charge in [-0.05, 0) is 48.9 Å². The van der Waals surface area contributed by atoms with Crippen molar-refractivity contribution in [2.45, 2.75) is 6.92 Å². The summed E-state index contributed by atoms with van der Waals surface area (Å²) in [6.07, 6.45) is 1.35. The monoisotopic (exact) mass is 506 g/mol. The zero-order valence-electron chi connectivity index (χ0n) is 20.0. The fourth-order valence-corrected chi connectivity index (χ4v) is 4.43. The Bertz CT molecular complexity index is 1620. The van der Waals surface area contributed by atoms with Gasteiger partial charge in [-0.3, -0.25) is 4.57 Å². The SMILES string of the molecule is COCCNc1ncnc2c1c(-c1ccc(F)cc1F)c(-c1ccc(F)cc1F)n2-c1cccc(C)c1. The Balaban J connectivity index is 1.97. The highest BCUT2D eigenvalue weighted by Crippen LogP contribution is 2.45. The highest BCUT2D eigenvalue weighted by Gasteiger charge is 2.28. The van der Waals surface area contributed by atoms with E-state index in [9.17, 15) is 8.78 Å². The molecular formula is C28H22F4N4O. The summed E-state index contributed by atoms with van der Waals surface area (Å²) in [5, 5.41) is 3.56. The van der Waals surface area contributed by atoms with Crippen LogP contribution in [0.2, 0.25) is 0 Å². The quantitative estimate of drug-likeness (QED) is 0.198. The number of nitrogens with zero attached hydrogens (tertiary/aromatic N) is 3. The van der Waals surface area contributed by atoms with E-state index in [0.29, 0.717) is 35.7 Å². The summed E-state index contributed by atoms with van der Waals surface area (Å²) in [5.41, 5.74) is 2.39. The first-order chi connectivity index (χ1) is 17.9. The molecule has 0 aliphatic carbocycles. The zero-order valence-corrected chi connectivity index (χ0v) is 20.0. The lowest BCUT2D eigenvalue weighted by molar-refractivity contribution is 0.210.